The smallest absolute Gasteiger partial charge is 0.257 e. The molecule has 2 aliphatic heterocycles. The van der Waals surface area contributed by atoms with Crippen molar-refractivity contribution in [2.24, 2.45) is 0 Å². The number of anilines is 3. The van der Waals surface area contributed by atoms with Gasteiger partial charge in [0, 0.05) is 38.1 Å². The molecule has 0 aromatic heterocycles. The van der Waals surface area contributed by atoms with E-state index in [4.69, 9.17) is 11.6 Å². The zero-order valence-corrected chi connectivity index (χ0v) is 16.8. The van der Waals surface area contributed by atoms with Crippen LogP contribution in [0.3, 0.4) is 0 Å². The number of nitrogens with one attached hydrogen (secondary N) is 1. The Labute approximate surface area is 173 Å². The van der Waals surface area contributed by atoms with Crippen LogP contribution in [0.1, 0.15) is 17.3 Å². The fourth-order valence-electron chi connectivity index (χ4n) is 3.73. The minimum atomic E-state index is -0.283. The van der Waals surface area contributed by atoms with Crippen molar-refractivity contribution in [2.45, 2.75) is 6.92 Å². The molecular weight excluding hydrogens is 392 g/mol. The molecule has 0 aliphatic carbocycles. The number of benzene rings is 2. The molecule has 1 N–H and O–H groups in total. The number of fused-ring (bicyclic) bond motifs is 2. The number of rotatable bonds is 2. The van der Waals surface area contributed by atoms with Gasteiger partial charge in [-0.2, -0.15) is 0 Å². The van der Waals surface area contributed by atoms with Gasteiger partial charge in [0.25, 0.3) is 5.91 Å². The van der Waals surface area contributed by atoms with Crippen LogP contribution in [-0.2, 0) is 9.59 Å². The van der Waals surface area contributed by atoms with Crippen LogP contribution in [0.15, 0.2) is 42.5 Å². The molecule has 29 heavy (non-hydrogen) atoms. The van der Waals surface area contributed by atoms with E-state index in [9.17, 15) is 14.4 Å². The highest BCUT2D eigenvalue weighted by Gasteiger charge is 2.31. The molecule has 4 rings (SSSR count). The molecule has 1 fully saturated rings. The Balaban J connectivity index is 1.65. The van der Waals surface area contributed by atoms with Gasteiger partial charge < -0.3 is 10.2 Å². The lowest BCUT2D eigenvalue weighted by molar-refractivity contribution is -0.130. The monoisotopic (exact) mass is 412 g/mol. The van der Waals surface area contributed by atoms with Crippen molar-refractivity contribution in [3.63, 3.8) is 0 Å². The van der Waals surface area contributed by atoms with Crippen LogP contribution in [0, 0.1) is 0 Å². The molecule has 0 unspecified atom stereocenters. The summed E-state index contributed by atoms with van der Waals surface area (Å²) in [7, 11) is 0. The summed E-state index contributed by atoms with van der Waals surface area (Å²) < 4.78 is 0. The van der Waals surface area contributed by atoms with Crippen molar-refractivity contribution >= 4 is 46.4 Å². The summed E-state index contributed by atoms with van der Waals surface area (Å²) in [4.78, 5) is 43.0. The van der Waals surface area contributed by atoms with Crippen molar-refractivity contribution in [3.05, 3.63) is 53.1 Å². The van der Waals surface area contributed by atoms with Gasteiger partial charge in [-0.05, 0) is 30.3 Å². The highest BCUT2D eigenvalue weighted by Crippen LogP contribution is 2.39. The van der Waals surface area contributed by atoms with Gasteiger partial charge in [-0.25, -0.2) is 0 Å². The Morgan fingerprint density at radius 1 is 1.03 bits per heavy atom. The Morgan fingerprint density at radius 2 is 1.76 bits per heavy atom. The quantitative estimate of drug-likeness (QED) is 0.823. The number of amides is 3. The van der Waals surface area contributed by atoms with Crippen LogP contribution in [0.25, 0.3) is 0 Å². The second-order valence-corrected chi connectivity index (χ2v) is 7.58. The molecule has 2 aromatic rings. The maximum atomic E-state index is 13.4. The van der Waals surface area contributed by atoms with Crippen LogP contribution in [0.5, 0.6) is 0 Å². The summed E-state index contributed by atoms with van der Waals surface area (Å²) in [6, 6.07) is 12.1. The third-order valence-corrected chi connectivity index (χ3v) is 5.50. The maximum Gasteiger partial charge on any atom is 0.257 e. The van der Waals surface area contributed by atoms with E-state index in [1.807, 2.05) is 4.90 Å². The van der Waals surface area contributed by atoms with Gasteiger partial charge in [0.2, 0.25) is 11.8 Å². The summed E-state index contributed by atoms with van der Waals surface area (Å²) in [6.45, 7) is 4.21. The minimum absolute atomic E-state index is 0.0489. The Bertz CT molecular complexity index is 986. The number of halogens is 1. The Hall–Kier alpha value is -2.90. The van der Waals surface area contributed by atoms with E-state index in [1.54, 1.807) is 59.2 Å². The standard InChI is InChI=1S/C21H21ClN4O3/c1-14(27)25-10-8-24(9-11-25)13-20(28)26-18-5-3-2-4-16(18)21(29)23-17-12-15(22)6-7-19(17)26/h2-7,12H,8-11,13H2,1H3,(H,23,29). The van der Waals surface area contributed by atoms with Gasteiger partial charge >= 0.3 is 0 Å². The van der Waals surface area contributed by atoms with Gasteiger partial charge in [0.1, 0.15) is 0 Å². The number of hydrogen-bond acceptors (Lipinski definition) is 4. The molecule has 3 amide bonds. The molecule has 8 heteroatoms. The van der Waals surface area contributed by atoms with Gasteiger partial charge in [-0.15, -0.1) is 0 Å². The average molecular weight is 413 g/mol. The lowest BCUT2D eigenvalue weighted by Crippen LogP contribution is -2.50. The van der Waals surface area contributed by atoms with Crippen LogP contribution < -0.4 is 10.2 Å². The average Bonchev–Trinajstić information content (AvgIpc) is 2.82. The SMILES string of the molecule is CC(=O)N1CCN(CC(=O)N2c3ccc(Cl)cc3NC(=O)c3ccccc32)CC1. The van der Waals surface area contributed by atoms with Crippen molar-refractivity contribution in [3.8, 4) is 0 Å². The van der Waals surface area contributed by atoms with Crippen LogP contribution in [0.4, 0.5) is 17.1 Å². The number of para-hydroxylation sites is 1. The first-order chi connectivity index (χ1) is 13.9. The van der Waals surface area contributed by atoms with E-state index < -0.39 is 0 Å². The zero-order chi connectivity index (χ0) is 20.5. The van der Waals surface area contributed by atoms with Crippen molar-refractivity contribution in [2.75, 3.05) is 42.9 Å². The van der Waals surface area contributed by atoms with Crippen molar-refractivity contribution in [1.82, 2.24) is 9.80 Å². The topological polar surface area (TPSA) is 73.0 Å². The fraction of sp³-hybridized carbons (Fsp3) is 0.286. The van der Waals surface area contributed by atoms with Gasteiger partial charge in [-0.3, -0.25) is 24.2 Å². The molecule has 2 heterocycles. The Kier molecular flexibility index (Phi) is 5.25. The third-order valence-electron chi connectivity index (χ3n) is 5.26. The first-order valence-corrected chi connectivity index (χ1v) is 9.82. The number of carbonyl (C=O) groups is 3. The number of piperazine rings is 1. The predicted octanol–water partition coefficient (Wildman–Crippen LogP) is 2.73. The number of carbonyl (C=O) groups excluding carboxylic acids is 3. The number of hydrogen-bond donors (Lipinski definition) is 1. The minimum Gasteiger partial charge on any atom is -0.340 e. The summed E-state index contributed by atoms with van der Waals surface area (Å²) in [5.41, 5.74) is 2.04. The molecule has 0 spiro atoms. The predicted molar refractivity (Wildman–Crippen MR) is 112 cm³/mol. The van der Waals surface area contributed by atoms with E-state index in [-0.39, 0.29) is 24.3 Å². The van der Waals surface area contributed by atoms with E-state index >= 15 is 0 Å². The molecule has 0 atom stereocenters. The normalized spacial score (nSPS) is 16.6. The molecule has 2 aliphatic rings. The molecule has 150 valence electrons. The van der Waals surface area contributed by atoms with E-state index in [0.29, 0.717) is 53.8 Å². The van der Waals surface area contributed by atoms with E-state index in [1.165, 1.54) is 0 Å². The first kappa shape index (κ1) is 19.4. The number of nitrogens with zero attached hydrogens (tertiary/aromatic N) is 3. The summed E-state index contributed by atoms with van der Waals surface area (Å²) in [5.74, 6) is -0.379. The molecule has 7 nitrogen and oxygen atoms in total. The molecule has 0 bridgehead atoms. The fourth-order valence-corrected chi connectivity index (χ4v) is 3.91. The van der Waals surface area contributed by atoms with Gasteiger partial charge in [-0.1, -0.05) is 23.7 Å². The summed E-state index contributed by atoms with van der Waals surface area (Å²) >= 11 is 6.12. The summed E-state index contributed by atoms with van der Waals surface area (Å²) in [6.07, 6.45) is 0. The van der Waals surface area contributed by atoms with Gasteiger partial charge in [0.15, 0.2) is 0 Å². The highest BCUT2D eigenvalue weighted by atomic mass is 35.5. The molecule has 0 radical (unpaired) electrons. The molecular formula is C21H21ClN4O3. The van der Waals surface area contributed by atoms with Gasteiger partial charge in [0.05, 0.1) is 29.2 Å². The molecule has 2 aromatic carbocycles. The first-order valence-electron chi connectivity index (χ1n) is 9.45. The second kappa shape index (κ2) is 7.85. The van der Waals surface area contributed by atoms with E-state index in [2.05, 4.69) is 5.32 Å². The van der Waals surface area contributed by atoms with Crippen molar-refractivity contribution in [1.29, 1.82) is 0 Å². The van der Waals surface area contributed by atoms with Crippen molar-refractivity contribution < 1.29 is 14.4 Å². The summed E-state index contributed by atoms with van der Waals surface area (Å²) in [5, 5.41) is 3.33. The maximum absolute atomic E-state index is 13.4. The van der Waals surface area contributed by atoms with E-state index in [0.717, 1.165) is 0 Å². The zero-order valence-electron chi connectivity index (χ0n) is 16.0. The second-order valence-electron chi connectivity index (χ2n) is 7.14. The molecule has 0 saturated carbocycles. The lowest BCUT2D eigenvalue weighted by Gasteiger charge is -2.35. The van der Waals surface area contributed by atoms with Crippen LogP contribution in [0.2, 0.25) is 5.02 Å². The molecule has 1 saturated heterocycles. The van der Waals surface area contributed by atoms with Crippen LogP contribution >= 0.6 is 11.6 Å². The third kappa shape index (κ3) is 3.83. The van der Waals surface area contributed by atoms with Crippen LogP contribution in [-0.4, -0.2) is 60.2 Å². The Morgan fingerprint density at radius 3 is 2.48 bits per heavy atom. The highest BCUT2D eigenvalue weighted by molar-refractivity contribution is 6.31. The lowest BCUT2D eigenvalue weighted by atomic mass is 10.1. The largest absolute Gasteiger partial charge is 0.340 e.